The van der Waals surface area contributed by atoms with Gasteiger partial charge in [-0.3, -0.25) is 0 Å². The summed E-state index contributed by atoms with van der Waals surface area (Å²) in [6.45, 7) is 9.68. The van der Waals surface area contributed by atoms with Crippen molar-refractivity contribution < 1.29 is 0 Å². The van der Waals surface area contributed by atoms with Crippen LogP contribution in [-0.4, -0.2) is 16.5 Å². The third kappa shape index (κ3) is 3.94. The second kappa shape index (κ2) is 7.72. The van der Waals surface area contributed by atoms with Crippen molar-refractivity contribution in [1.29, 1.82) is 0 Å². The number of halogens is 1. The van der Waals surface area contributed by atoms with Crippen molar-refractivity contribution in [3.63, 3.8) is 0 Å². The number of aromatic nitrogens is 2. The third-order valence-corrected chi connectivity index (χ3v) is 4.01. The molecule has 0 fully saturated rings. The lowest BCUT2D eigenvalue weighted by atomic mass is 10.0. The maximum absolute atomic E-state index is 4.68. The monoisotopic (exact) mass is 313 g/mol. The average molecular weight is 314 g/mol. The van der Waals surface area contributed by atoms with E-state index in [1.807, 2.05) is 0 Å². The van der Waals surface area contributed by atoms with Crippen LogP contribution >= 0.6 is 15.9 Å². The minimum absolute atomic E-state index is 0.713. The van der Waals surface area contributed by atoms with Crippen molar-refractivity contribution in [2.45, 2.75) is 53.4 Å². The fourth-order valence-electron chi connectivity index (χ4n) is 1.91. The molecule has 0 saturated carbocycles. The Balaban J connectivity index is 2.85. The molecule has 1 N–H and O–H groups in total. The van der Waals surface area contributed by atoms with Gasteiger partial charge in [0.25, 0.3) is 0 Å². The van der Waals surface area contributed by atoms with Crippen LogP contribution in [0.15, 0.2) is 4.60 Å². The molecule has 0 amide bonds. The standard InChI is InChI=1S/C14H24BrN3/c1-5-10(6-2)9-16-14-12(8-4)17-13(15)11(7-3)18-14/h10H,5-9H2,1-4H3,(H,16,18). The van der Waals surface area contributed by atoms with Crippen LogP contribution in [0.1, 0.15) is 51.9 Å². The molecule has 0 aromatic carbocycles. The van der Waals surface area contributed by atoms with E-state index in [1.165, 1.54) is 12.8 Å². The Morgan fingerprint density at radius 3 is 2.11 bits per heavy atom. The molecule has 0 atom stereocenters. The highest BCUT2D eigenvalue weighted by atomic mass is 79.9. The molecule has 0 aliphatic carbocycles. The van der Waals surface area contributed by atoms with Crippen molar-refractivity contribution in [1.82, 2.24) is 9.97 Å². The predicted molar refractivity (Wildman–Crippen MR) is 81.0 cm³/mol. The lowest BCUT2D eigenvalue weighted by Crippen LogP contribution is -2.16. The van der Waals surface area contributed by atoms with E-state index >= 15 is 0 Å². The number of nitrogens with one attached hydrogen (secondary N) is 1. The van der Waals surface area contributed by atoms with Crippen molar-refractivity contribution in [2.24, 2.45) is 5.92 Å². The second-order valence-electron chi connectivity index (χ2n) is 4.53. The number of nitrogens with zero attached hydrogens (tertiary/aromatic N) is 2. The molecule has 0 bridgehead atoms. The van der Waals surface area contributed by atoms with Crippen LogP contribution in [0.25, 0.3) is 0 Å². The zero-order valence-corrected chi connectivity index (χ0v) is 13.5. The minimum Gasteiger partial charge on any atom is -0.368 e. The lowest BCUT2D eigenvalue weighted by Gasteiger charge is -2.16. The van der Waals surface area contributed by atoms with Gasteiger partial charge in [0.15, 0.2) is 0 Å². The van der Waals surface area contributed by atoms with Crippen LogP contribution in [0.3, 0.4) is 0 Å². The molecule has 3 nitrogen and oxygen atoms in total. The number of anilines is 1. The molecular weight excluding hydrogens is 290 g/mol. The maximum Gasteiger partial charge on any atom is 0.148 e. The molecule has 18 heavy (non-hydrogen) atoms. The summed E-state index contributed by atoms with van der Waals surface area (Å²) in [6.07, 6.45) is 4.21. The lowest BCUT2D eigenvalue weighted by molar-refractivity contribution is 0.518. The second-order valence-corrected chi connectivity index (χ2v) is 5.28. The van der Waals surface area contributed by atoms with Gasteiger partial charge in [-0.2, -0.15) is 0 Å². The molecule has 0 saturated heterocycles. The number of aryl methyl sites for hydroxylation is 2. The zero-order chi connectivity index (χ0) is 13.5. The van der Waals surface area contributed by atoms with Crippen LogP contribution in [-0.2, 0) is 12.8 Å². The number of rotatable bonds is 7. The molecule has 102 valence electrons. The van der Waals surface area contributed by atoms with Crippen molar-refractivity contribution in [3.05, 3.63) is 16.0 Å². The van der Waals surface area contributed by atoms with Crippen molar-refractivity contribution in [2.75, 3.05) is 11.9 Å². The Labute approximate surface area is 119 Å². The Morgan fingerprint density at radius 1 is 1.00 bits per heavy atom. The first-order valence-corrected chi connectivity index (χ1v) is 7.74. The smallest absolute Gasteiger partial charge is 0.148 e. The molecule has 1 aromatic heterocycles. The summed E-state index contributed by atoms with van der Waals surface area (Å²) >= 11 is 3.49. The zero-order valence-electron chi connectivity index (χ0n) is 11.9. The highest BCUT2D eigenvalue weighted by molar-refractivity contribution is 9.10. The first kappa shape index (κ1) is 15.4. The van der Waals surface area contributed by atoms with Gasteiger partial charge in [-0.25, -0.2) is 9.97 Å². The molecule has 0 aliphatic heterocycles. The third-order valence-electron chi connectivity index (χ3n) is 3.37. The van der Waals surface area contributed by atoms with Crippen LogP contribution in [0.4, 0.5) is 5.82 Å². The van der Waals surface area contributed by atoms with Gasteiger partial charge in [0.2, 0.25) is 0 Å². The van der Waals surface area contributed by atoms with Gasteiger partial charge in [0.1, 0.15) is 10.4 Å². The van der Waals surface area contributed by atoms with Crippen LogP contribution in [0.2, 0.25) is 0 Å². The number of hydrogen-bond acceptors (Lipinski definition) is 3. The topological polar surface area (TPSA) is 37.8 Å². The molecule has 1 rings (SSSR count). The van der Waals surface area contributed by atoms with E-state index in [4.69, 9.17) is 0 Å². The van der Waals surface area contributed by atoms with Gasteiger partial charge < -0.3 is 5.32 Å². The van der Waals surface area contributed by atoms with E-state index in [-0.39, 0.29) is 0 Å². The highest BCUT2D eigenvalue weighted by Crippen LogP contribution is 2.20. The van der Waals surface area contributed by atoms with Crippen LogP contribution < -0.4 is 5.32 Å². The summed E-state index contributed by atoms with van der Waals surface area (Å²) < 4.78 is 0.884. The Morgan fingerprint density at radius 2 is 1.61 bits per heavy atom. The normalized spacial score (nSPS) is 11.0. The molecule has 0 spiro atoms. The molecular formula is C14H24BrN3. The Hall–Kier alpha value is -0.640. The summed E-state index contributed by atoms with van der Waals surface area (Å²) in [5.74, 6) is 1.68. The summed E-state index contributed by atoms with van der Waals surface area (Å²) in [5, 5.41) is 3.47. The van der Waals surface area contributed by atoms with Crippen LogP contribution in [0, 0.1) is 5.92 Å². The van der Waals surface area contributed by atoms with Gasteiger partial charge >= 0.3 is 0 Å². The molecule has 0 radical (unpaired) electrons. The van der Waals surface area contributed by atoms with Gasteiger partial charge in [-0.15, -0.1) is 0 Å². The average Bonchev–Trinajstić information content (AvgIpc) is 2.40. The van der Waals surface area contributed by atoms with Gasteiger partial charge in [0.05, 0.1) is 11.4 Å². The quantitative estimate of drug-likeness (QED) is 0.819. The number of hydrogen-bond donors (Lipinski definition) is 1. The molecule has 1 heterocycles. The molecule has 4 heteroatoms. The van der Waals surface area contributed by atoms with E-state index in [1.54, 1.807) is 0 Å². The van der Waals surface area contributed by atoms with E-state index in [2.05, 4.69) is 58.9 Å². The summed E-state index contributed by atoms with van der Waals surface area (Å²) in [7, 11) is 0. The summed E-state index contributed by atoms with van der Waals surface area (Å²) in [6, 6.07) is 0. The molecule has 0 aliphatic rings. The molecule has 1 aromatic rings. The summed E-state index contributed by atoms with van der Waals surface area (Å²) in [4.78, 5) is 9.27. The Bertz CT molecular complexity index is 376. The maximum atomic E-state index is 4.68. The first-order valence-electron chi connectivity index (χ1n) is 6.95. The first-order chi connectivity index (χ1) is 8.65. The van der Waals surface area contributed by atoms with Crippen molar-refractivity contribution in [3.8, 4) is 0 Å². The fourth-order valence-corrected chi connectivity index (χ4v) is 2.50. The van der Waals surface area contributed by atoms with E-state index in [0.717, 1.165) is 41.2 Å². The molecule has 0 unspecified atom stereocenters. The van der Waals surface area contributed by atoms with E-state index < -0.39 is 0 Å². The van der Waals surface area contributed by atoms with Crippen LogP contribution in [0.5, 0.6) is 0 Å². The van der Waals surface area contributed by atoms with Crippen molar-refractivity contribution >= 4 is 21.7 Å². The minimum atomic E-state index is 0.713. The highest BCUT2D eigenvalue weighted by Gasteiger charge is 2.11. The van der Waals surface area contributed by atoms with Gasteiger partial charge in [0, 0.05) is 6.54 Å². The van der Waals surface area contributed by atoms with E-state index in [9.17, 15) is 0 Å². The Kier molecular flexibility index (Phi) is 6.61. The predicted octanol–water partition coefficient (Wildman–Crippen LogP) is 4.21. The van der Waals surface area contributed by atoms with Gasteiger partial charge in [-0.1, -0.05) is 40.5 Å². The fraction of sp³-hybridized carbons (Fsp3) is 0.714. The largest absolute Gasteiger partial charge is 0.368 e. The van der Waals surface area contributed by atoms with E-state index in [0.29, 0.717) is 5.92 Å². The summed E-state index contributed by atoms with van der Waals surface area (Å²) in [5.41, 5.74) is 2.07. The SMILES string of the molecule is CCc1nc(NCC(CC)CC)c(CC)nc1Br. The van der Waals surface area contributed by atoms with Gasteiger partial charge in [-0.05, 0) is 34.7 Å².